The van der Waals surface area contributed by atoms with Gasteiger partial charge in [-0.1, -0.05) is 37.3 Å². The van der Waals surface area contributed by atoms with E-state index in [1.54, 1.807) is 13.0 Å². The fraction of sp³-hybridized carbons (Fsp3) is 0.200. The van der Waals surface area contributed by atoms with Gasteiger partial charge in [0.25, 0.3) is 0 Å². The number of pyridine rings is 1. The number of carbonyl (C=O) groups is 1. The normalized spacial score (nSPS) is 10.2. The van der Waals surface area contributed by atoms with Crippen molar-refractivity contribution in [1.82, 2.24) is 4.73 Å². The summed E-state index contributed by atoms with van der Waals surface area (Å²) < 4.78 is 0.980. The number of nitrogens with zero attached hydrogens (tertiary/aromatic N) is 1. The van der Waals surface area contributed by atoms with E-state index in [1.165, 1.54) is 6.07 Å². The molecule has 0 radical (unpaired) electrons. The fourth-order valence-corrected chi connectivity index (χ4v) is 1.77. The van der Waals surface area contributed by atoms with Gasteiger partial charge in [0.2, 0.25) is 0 Å². The highest BCUT2D eigenvalue weighted by atomic mass is 16.7. The first kappa shape index (κ1) is 13.9. The van der Waals surface area contributed by atoms with Crippen LogP contribution in [0, 0.1) is 0 Å². The second-order valence-electron chi connectivity index (χ2n) is 4.36. The number of aromatic nitrogens is 1. The number of nitrogen functional groups attached to an aromatic ring is 1. The van der Waals surface area contributed by atoms with Crippen LogP contribution in [0.15, 0.2) is 47.3 Å². The Bertz CT molecular complexity index is 663. The van der Waals surface area contributed by atoms with Gasteiger partial charge in [-0.3, -0.25) is 4.79 Å². The monoisotopic (exact) mass is 272 g/mol. The van der Waals surface area contributed by atoms with E-state index < -0.39 is 11.5 Å². The van der Waals surface area contributed by atoms with Crippen molar-refractivity contribution in [2.75, 3.05) is 5.73 Å². The first-order valence-electron chi connectivity index (χ1n) is 6.37. The smallest absolute Gasteiger partial charge is 0.332 e. The van der Waals surface area contributed by atoms with Crippen LogP contribution < -0.4 is 16.1 Å². The highest BCUT2D eigenvalue weighted by Crippen LogP contribution is 2.08. The Morgan fingerprint density at radius 1 is 1.20 bits per heavy atom. The van der Waals surface area contributed by atoms with Crippen molar-refractivity contribution in [1.29, 1.82) is 0 Å². The molecular formula is C15H16N2O3. The van der Waals surface area contributed by atoms with E-state index in [9.17, 15) is 9.59 Å². The van der Waals surface area contributed by atoms with Gasteiger partial charge in [-0.25, -0.2) is 4.79 Å². The zero-order valence-electron chi connectivity index (χ0n) is 11.2. The molecule has 0 aliphatic heterocycles. The molecular weight excluding hydrogens is 256 g/mol. The number of nitrogens with two attached hydrogens (primary N) is 1. The van der Waals surface area contributed by atoms with Crippen molar-refractivity contribution in [3.05, 3.63) is 64.1 Å². The first-order chi connectivity index (χ1) is 9.61. The molecule has 5 nitrogen and oxygen atoms in total. The lowest BCUT2D eigenvalue weighted by Gasteiger charge is -2.12. The quantitative estimate of drug-likeness (QED) is 0.912. The number of hydrogen-bond acceptors (Lipinski definition) is 4. The minimum Gasteiger partial charge on any atom is -0.394 e. The summed E-state index contributed by atoms with van der Waals surface area (Å²) in [6, 6.07) is 12.8. The Hall–Kier alpha value is -2.56. The molecule has 0 spiro atoms. The minimum absolute atomic E-state index is 0.0470. The van der Waals surface area contributed by atoms with Crippen molar-refractivity contribution in [3.63, 3.8) is 0 Å². The molecule has 0 aliphatic carbocycles. The molecule has 0 fully saturated rings. The average molecular weight is 272 g/mol. The second-order valence-corrected chi connectivity index (χ2v) is 4.36. The Labute approximate surface area is 116 Å². The van der Waals surface area contributed by atoms with Gasteiger partial charge in [0, 0.05) is 12.8 Å². The number of benzene rings is 1. The number of anilines is 1. The number of rotatable bonds is 4. The lowest BCUT2D eigenvalue weighted by Crippen LogP contribution is -2.34. The van der Waals surface area contributed by atoms with E-state index in [2.05, 4.69) is 0 Å². The van der Waals surface area contributed by atoms with Crippen LogP contribution in [0.25, 0.3) is 0 Å². The predicted octanol–water partition coefficient (Wildman–Crippen LogP) is 1.39. The van der Waals surface area contributed by atoms with Gasteiger partial charge in [-0.05, 0) is 17.7 Å². The van der Waals surface area contributed by atoms with Crippen LogP contribution in [0.3, 0.4) is 0 Å². The zero-order chi connectivity index (χ0) is 14.5. The SMILES string of the molecule is CCC(=O)On1c(Cc2ccccc2)ccc(N)c1=O. The Kier molecular flexibility index (Phi) is 4.20. The number of carbonyl (C=O) groups excluding carboxylic acids is 1. The van der Waals surface area contributed by atoms with Crippen LogP contribution in [0.5, 0.6) is 0 Å². The van der Waals surface area contributed by atoms with Crippen molar-refractivity contribution in [2.45, 2.75) is 19.8 Å². The fourth-order valence-electron chi connectivity index (χ4n) is 1.77. The molecule has 0 aliphatic rings. The van der Waals surface area contributed by atoms with Crippen LogP contribution in [-0.2, 0) is 11.2 Å². The van der Waals surface area contributed by atoms with Gasteiger partial charge < -0.3 is 10.6 Å². The van der Waals surface area contributed by atoms with Gasteiger partial charge in [0.05, 0.1) is 5.69 Å². The number of hydrogen-bond donors (Lipinski definition) is 1. The molecule has 2 N–H and O–H groups in total. The summed E-state index contributed by atoms with van der Waals surface area (Å²) in [5.74, 6) is -0.480. The van der Waals surface area contributed by atoms with Gasteiger partial charge in [-0.15, -0.1) is 4.73 Å². The van der Waals surface area contributed by atoms with E-state index in [1.807, 2.05) is 30.3 Å². The van der Waals surface area contributed by atoms with Crippen molar-refractivity contribution in [2.24, 2.45) is 0 Å². The summed E-state index contributed by atoms with van der Waals surface area (Å²) in [5.41, 5.74) is 6.70. The van der Waals surface area contributed by atoms with E-state index in [-0.39, 0.29) is 12.1 Å². The molecule has 1 aromatic heterocycles. The summed E-state index contributed by atoms with van der Waals surface area (Å²) >= 11 is 0. The largest absolute Gasteiger partial charge is 0.394 e. The van der Waals surface area contributed by atoms with Gasteiger partial charge >= 0.3 is 11.5 Å². The molecule has 0 saturated heterocycles. The summed E-state index contributed by atoms with van der Waals surface area (Å²) in [5, 5.41) is 0. The summed E-state index contributed by atoms with van der Waals surface area (Å²) in [6.45, 7) is 1.66. The summed E-state index contributed by atoms with van der Waals surface area (Å²) in [6.07, 6.45) is 0.666. The molecule has 20 heavy (non-hydrogen) atoms. The predicted molar refractivity (Wildman–Crippen MR) is 76.2 cm³/mol. The molecule has 1 aromatic carbocycles. The molecule has 2 rings (SSSR count). The van der Waals surface area contributed by atoms with Crippen molar-refractivity contribution >= 4 is 11.7 Å². The lowest BCUT2D eigenvalue weighted by molar-refractivity contribution is -0.144. The average Bonchev–Trinajstić information content (AvgIpc) is 2.47. The van der Waals surface area contributed by atoms with E-state index in [4.69, 9.17) is 10.6 Å². The Balaban J connectivity index is 2.39. The Morgan fingerprint density at radius 3 is 2.55 bits per heavy atom. The van der Waals surface area contributed by atoms with Gasteiger partial charge in [-0.2, -0.15) is 0 Å². The molecule has 5 heteroatoms. The molecule has 0 saturated carbocycles. The third-order valence-electron chi connectivity index (χ3n) is 2.86. The third kappa shape index (κ3) is 3.06. The maximum absolute atomic E-state index is 12.0. The maximum Gasteiger partial charge on any atom is 0.332 e. The summed E-state index contributed by atoms with van der Waals surface area (Å²) in [4.78, 5) is 28.5. The molecule has 1 heterocycles. The second kappa shape index (κ2) is 6.06. The standard InChI is InChI=1S/C15H16N2O3/c1-2-14(18)20-17-12(8-9-13(16)15(17)19)10-11-6-4-3-5-7-11/h3-9H,2,10,16H2,1H3. The molecule has 0 amide bonds. The Morgan fingerprint density at radius 2 is 1.90 bits per heavy atom. The van der Waals surface area contributed by atoms with Gasteiger partial charge in [0.1, 0.15) is 5.69 Å². The van der Waals surface area contributed by atoms with Gasteiger partial charge in [0.15, 0.2) is 0 Å². The van der Waals surface area contributed by atoms with Crippen LogP contribution >= 0.6 is 0 Å². The molecule has 0 unspecified atom stereocenters. The van der Waals surface area contributed by atoms with E-state index >= 15 is 0 Å². The summed E-state index contributed by atoms with van der Waals surface area (Å²) in [7, 11) is 0. The van der Waals surface area contributed by atoms with Crippen LogP contribution in [-0.4, -0.2) is 10.7 Å². The van der Waals surface area contributed by atoms with Crippen molar-refractivity contribution in [3.8, 4) is 0 Å². The van der Waals surface area contributed by atoms with Crippen LogP contribution in [0.1, 0.15) is 24.6 Å². The first-order valence-corrected chi connectivity index (χ1v) is 6.37. The van der Waals surface area contributed by atoms with E-state index in [0.717, 1.165) is 10.3 Å². The molecule has 2 aromatic rings. The van der Waals surface area contributed by atoms with E-state index in [0.29, 0.717) is 12.1 Å². The minimum atomic E-state index is -0.514. The van der Waals surface area contributed by atoms with Crippen molar-refractivity contribution < 1.29 is 9.63 Å². The highest BCUT2D eigenvalue weighted by molar-refractivity contribution is 5.69. The lowest BCUT2D eigenvalue weighted by atomic mass is 10.1. The molecule has 0 bridgehead atoms. The maximum atomic E-state index is 12.0. The van der Waals surface area contributed by atoms with Crippen LogP contribution in [0.2, 0.25) is 0 Å². The van der Waals surface area contributed by atoms with Crippen LogP contribution in [0.4, 0.5) is 5.69 Å². The molecule has 104 valence electrons. The third-order valence-corrected chi connectivity index (χ3v) is 2.86. The highest BCUT2D eigenvalue weighted by Gasteiger charge is 2.11. The topological polar surface area (TPSA) is 74.3 Å². The molecule has 0 atom stereocenters. The zero-order valence-corrected chi connectivity index (χ0v) is 11.2.